The van der Waals surface area contributed by atoms with Crippen LogP contribution in [0.5, 0.6) is 0 Å². The largest absolute Gasteiger partial charge is 0.464 e. The van der Waals surface area contributed by atoms with Crippen LogP contribution in [0, 0.1) is 6.92 Å². The molecule has 4 nitrogen and oxygen atoms in total. The lowest BCUT2D eigenvalue weighted by molar-refractivity contribution is -0.115. The van der Waals surface area contributed by atoms with E-state index in [1.54, 1.807) is 17.6 Å². The van der Waals surface area contributed by atoms with Gasteiger partial charge in [-0.25, -0.2) is 4.98 Å². The minimum Gasteiger partial charge on any atom is -0.464 e. The van der Waals surface area contributed by atoms with Gasteiger partial charge in [-0.2, -0.15) is 0 Å². The zero-order valence-corrected chi connectivity index (χ0v) is 14.5. The van der Waals surface area contributed by atoms with Crippen LogP contribution in [0.2, 0.25) is 0 Å². The number of aromatic nitrogens is 1. The van der Waals surface area contributed by atoms with Gasteiger partial charge in [0.1, 0.15) is 5.58 Å². The topological polar surface area (TPSA) is 55.1 Å². The lowest BCUT2D eigenvalue weighted by Gasteiger charge is -2.00. The molecule has 0 aliphatic heterocycles. The minimum atomic E-state index is -0.0923. The lowest BCUT2D eigenvalue weighted by Crippen LogP contribution is -2.13. The molecule has 0 spiro atoms. The van der Waals surface area contributed by atoms with E-state index < -0.39 is 0 Å². The molecule has 0 aliphatic rings. The maximum absolute atomic E-state index is 12.3. The van der Waals surface area contributed by atoms with Crippen LogP contribution in [0.1, 0.15) is 11.1 Å². The first-order chi connectivity index (χ1) is 11.7. The monoisotopic (exact) mass is 354 g/mol. The third kappa shape index (κ3) is 2.98. The number of amides is 1. The van der Waals surface area contributed by atoms with Crippen molar-refractivity contribution < 1.29 is 9.21 Å². The number of nitrogens with zero attached hydrogens (tertiary/aromatic N) is 1. The number of benzene rings is 1. The van der Waals surface area contributed by atoms with Gasteiger partial charge < -0.3 is 9.73 Å². The van der Waals surface area contributed by atoms with E-state index >= 15 is 0 Å². The van der Waals surface area contributed by atoms with Gasteiger partial charge in [0.15, 0.2) is 5.13 Å². The van der Waals surface area contributed by atoms with Crippen LogP contribution >= 0.6 is 22.7 Å². The van der Waals surface area contributed by atoms with Crippen molar-refractivity contribution >= 4 is 44.7 Å². The van der Waals surface area contributed by atoms with Crippen LogP contribution in [0.25, 0.3) is 21.5 Å². The van der Waals surface area contributed by atoms with Gasteiger partial charge in [0.25, 0.3) is 0 Å². The summed E-state index contributed by atoms with van der Waals surface area (Å²) in [5.74, 6) is -0.0923. The number of fused-ring (bicyclic) bond motifs is 1. The molecule has 0 unspecified atom stereocenters. The second-order valence-corrected chi connectivity index (χ2v) is 7.31. The third-order valence-corrected chi connectivity index (χ3v) is 5.34. The normalized spacial score (nSPS) is 11.0. The van der Waals surface area contributed by atoms with Crippen molar-refractivity contribution in [1.82, 2.24) is 4.98 Å². The molecule has 0 aliphatic carbocycles. The maximum atomic E-state index is 12.3. The van der Waals surface area contributed by atoms with Crippen LogP contribution in [0.4, 0.5) is 5.13 Å². The number of rotatable bonds is 4. The molecule has 4 aromatic rings. The molecule has 1 amide bonds. The van der Waals surface area contributed by atoms with Gasteiger partial charge >= 0.3 is 0 Å². The van der Waals surface area contributed by atoms with E-state index in [1.807, 2.05) is 48.0 Å². The first-order valence-electron chi connectivity index (χ1n) is 7.45. The predicted molar refractivity (Wildman–Crippen MR) is 98.7 cm³/mol. The number of furan rings is 1. The van der Waals surface area contributed by atoms with E-state index in [-0.39, 0.29) is 12.3 Å². The summed E-state index contributed by atoms with van der Waals surface area (Å²) in [5.41, 5.74) is 3.73. The Balaban J connectivity index is 1.48. The summed E-state index contributed by atoms with van der Waals surface area (Å²) in [6, 6.07) is 10.0. The summed E-state index contributed by atoms with van der Waals surface area (Å²) in [5, 5.41) is 8.44. The number of hydrogen-bond acceptors (Lipinski definition) is 5. The van der Waals surface area contributed by atoms with Gasteiger partial charge in [-0.1, -0.05) is 18.2 Å². The van der Waals surface area contributed by atoms with E-state index in [1.165, 1.54) is 11.3 Å². The average Bonchev–Trinajstić information content (AvgIpc) is 3.27. The number of nitrogens with one attached hydrogen (secondary N) is 1. The minimum absolute atomic E-state index is 0.0923. The van der Waals surface area contributed by atoms with Crippen molar-refractivity contribution in [2.24, 2.45) is 0 Å². The van der Waals surface area contributed by atoms with E-state index in [9.17, 15) is 4.79 Å². The second-order valence-electron chi connectivity index (χ2n) is 5.50. The Morgan fingerprint density at radius 3 is 3.04 bits per heavy atom. The van der Waals surface area contributed by atoms with Crippen molar-refractivity contribution in [3.05, 3.63) is 58.5 Å². The third-order valence-electron chi connectivity index (χ3n) is 3.69. The number of hydrogen-bond donors (Lipinski definition) is 1. The van der Waals surface area contributed by atoms with Crippen molar-refractivity contribution in [3.63, 3.8) is 0 Å². The Bertz CT molecular complexity index is 999. The molecule has 0 saturated carbocycles. The molecule has 0 radical (unpaired) electrons. The molecule has 6 heteroatoms. The Morgan fingerprint density at radius 2 is 2.21 bits per heavy atom. The summed E-state index contributed by atoms with van der Waals surface area (Å²) in [6.45, 7) is 2.02. The molecule has 3 aromatic heterocycles. The smallest absolute Gasteiger partial charge is 0.230 e. The van der Waals surface area contributed by atoms with Gasteiger partial charge in [0, 0.05) is 16.3 Å². The molecular formula is C18H14N2O2S2. The molecule has 4 rings (SSSR count). The Labute approximate surface area is 146 Å². The molecule has 0 bridgehead atoms. The van der Waals surface area contributed by atoms with E-state index in [2.05, 4.69) is 10.3 Å². The molecule has 120 valence electrons. The zero-order valence-electron chi connectivity index (χ0n) is 12.9. The van der Waals surface area contributed by atoms with Crippen molar-refractivity contribution in [3.8, 4) is 10.6 Å². The fourth-order valence-corrected chi connectivity index (χ4v) is 4.02. The molecule has 24 heavy (non-hydrogen) atoms. The predicted octanol–water partition coefficient (Wildman–Crippen LogP) is 5.11. The fourth-order valence-electron chi connectivity index (χ4n) is 2.53. The lowest BCUT2D eigenvalue weighted by atomic mass is 10.1. The van der Waals surface area contributed by atoms with Crippen LogP contribution < -0.4 is 5.32 Å². The highest BCUT2D eigenvalue weighted by Crippen LogP contribution is 2.28. The van der Waals surface area contributed by atoms with Crippen molar-refractivity contribution in [1.29, 1.82) is 0 Å². The average molecular weight is 354 g/mol. The summed E-state index contributed by atoms with van der Waals surface area (Å²) in [7, 11) is 0. The fraction of sp³-hybridized carbons (Fsp3) is 0.111. The summed E-state index contributed by atoms with van der Waals surface area (Å²) in [4.78, 5) is 17.9. The molecule has 0 fully saturated rings. The Hall–Kier alpha value is -2.44. The highest BCUT2D eigenvalue weighted by molar-refractivity contribution is 7.16. The van der Waals surface area contributed by atoms with E-state index in [0.717, 1.165) is 32.7 Å². The molecule has 1 aromatic carbocycles. The maximum Gasteiger partial charge on any atom is 0.230 e. The SMILES string of the molecule is Cc1ccc2c(CC(=O)Nc3nc(-c4cccs4)cs3)coc2c1. The first-order valence-corrected chi connectivity index (χ1v) is 9.21. The van der Waals surface area contributed by atoms with Crippen molar-refractivity contribution in [2.75, 3.05) is 5.32 Å². The second kappa shape index (κ2) is 6.22. The van der Waals surface area contributed by atoms with Crippen LogP contribution in [-0.4, -0.2) is 10.9 Å². The molecular weight excluding hydrogens is 340 g/mol. The number of thiophene rings is 1. The number of thiazole rings is 1. The summed E-state index contributed by atoms with van der Waals surface area (Å²) in [6.07, 6.45) is 1.92. The quantitative estimate of drug-likeness (QED) is 0.554. The molecule has 3 heterocycles. The van der Waals surface area contributed by atoms with Gasteiger partial charge in [-0.15, -0.1) is 22.7 Å². The number of aryl methyl sites for hydroxylation is 1. The van der Waals surface area contributed by atoms with Crippen LogP contribution in [0.15, 0.2) is 51.8 Å². The van der Waals surface area contributed by atoms with Crippen LogP contribution in [0.3, 0.4) is 0 Å². The Kier molecular flexibility index (Phi) is 3.92. The van der Waals surface area contributed by atoms with E-state index in [0.29, 0.717) is 5.13 Å². The first kappa shape index (κ1) is 15.1. The Morgan fingerprint density at radius 1 is 1.29 bits per heavy atom. The van der Waals surface area contributed by atoms with E-state index in [4.69, 9.17) is 4.42 Å². The van der Waals surface area contributed by atoms with Crippen LogP contribution in [-0.2, 0) is 11.2 Å². The number of carbonyl (C=O) groups is 1. The van der Waals surface area contributed by atoms with Gasteiger partial charge in [-0.3, -0.25) is 4.79 Å². The molecule has 0 atom stereocenters. The summed E-state index contributed by atoms with van der Waals surface area (Å²) < 4.78 is 5.54. The highest BCUT2D eigenvalue weighted by atomic mass is 32.1. The van der Waals surface area contributed by atoms with Gasteiger partial charge in [0.05, 0.1) is 23.3 Å². The van der Waals surface area contributed by atoms with Gasteiger partial charge in [-0.05, 0) is 30.0 Å². The number of anilines is 1. The standard InChI is InChI=1S/C18H14N2O2S2/c1-11-4-5-13-12(9-22-15(13)7-11)8-17(21)20-18-19-14(10-24-18)16-3-2-6-23-16/h2-7,9-10H,8H2,1H3,(H,19,20,21). The highest BCUT2D eigenvalue weighted by Gasteiger charge is 2.13. The van der Waals surface area contributed by atoms with Gasteiger partial charge in [0.2, 0.25) is 5.91 Å². The summed E-state index contributed by atoms with van der Waals surface area (Å²) >= 11 is 3.07. The van der Waals surface area contributed by atoms with Crippen molar-refractivity contribution in [2.45, 2.75) is 13.3 Å². The molecule has 1 N–H and O–H groups in total. The zero-order chi connectivity index (χ0) is 16.5. The number of carbonyl (C=O) groups excluding carboxylic acids is 1. The molecule has 0 saturated heterocycles.